The van der Waals surface area contributed by atoms with Gasteiger partial charge in [0.05, 0.1) is 0 Å². The average molecular weight is 268 g/mol. The molecule has 3 rings (SSSR count). The molecule has 2 atom stereocenters. The van der Waals surface area contributed by atoms with Crippen molar-refractivity contribution >= 4 is 23.6 Å². The molecule has 0 aromatic carbocycles. The minimum absolute atomic E-state index is 0.147. The zero-order chi connectivity index (χ0) is 12.9. The molecule has 3 fully saturated rings. The van der Waals surface area contributed by atoms with E-state index in [-0.39, 0.29) is 28.6 Å². The summed E-state index contributed by atoms with van der Waals surface area (Å²) in [6.07, 6.45) is 6.27. The highest BCUT2D eigenvalue weighted by Crippen LogP contribution is 2.48. The number of rotatable bonds is 3. The van der Waals surface area contributed by atoms with Crippen molar-refractivity contribution in [2.75, 3.05) is 19.3 Å². The fourth-order valence-corrected chi connectivity index (χ4v) is 3.91. The van der Waals surface area contributed by atoms with E-state index in [9.17, 15) is 9.59 Å². The number of carbonyl (C=O) groups is 2. The maximum absolute atomic E-state index is 12.5. The van der Waals surface area contributed by atoms with E-state index in [0.29, 0.717) is 0 Å². The molecule has 2 amide bonds. The van der Waals surface area contributed by atoms with Gasteiger partial charge in [-0.05, 0) is 38.9 Å². The minimum atomic E-state index is -0.267. The van der Waals surface area contributed by atoms with Gasteiger partial charge in [0, 0.05) is 17.8 Å². The average Bonchev–Trinajstić information content (AvgIpc) is 2.97. The van der Waals surface area contributed by atoms with Crippen molar-refractivity contribution in [3.63, 3.8) is 0 Å². The number of hydrogen-bond acceptors (Lipinski definition) is 3. The molecule has 1 aliphatic carbocycles. The number of fused-ring (bicyclic) bond motifs is 1. The quantitative estimate of drug-likeness (QED) is 0.770. The van der Waals surface area contributed by atoms with Crippen molar-refractivity contribution in [1.82, 2.24) is 9.80 Å². The van der Waals surface area contributed by atoms with Gasteiger partial charge in [-0.1, -0.05) is 0 Å². The third-order valence-corrected chi connectivity index (χ3v) is 6.03. The Labute approximate surface area is 112 Å². The first kappa shape index (κ1) is 12.3. The van der Waals surface area contributed by atoms with Crippen LogP contribution in [0.15, 0.2) is 0 Å². The third kappa shape index (κ3) is 1.75. The molecule has 1 saturated carbocycles. The SMILES string of the molecule is CSC1(CN2C(=O)C3CCCN3C(=O)C2C)CC1. The van der Waals surface area contributed by atoms with Crippen LogP contribution in [0.5, 0.6) is 0 Å². The standard InChI is InChI=1S/C13H20N2O2S/c1-9-11(16)14-7-3-4-10(14)12(17)15(9)8-13(18-2)5-6-13/h9-10H,3-8H2,1-2H3. The Morgan fingerprint density at radius 3 is 2.67 bits per heavy atom. The Balaban J connectivity index is 1.80. The predicted molar refractivity (Wildman–Crippen MR) is 71.4 cm³/mol. The highest BCUT2D eigenvalue weighted by atomic mass is 32.2. The van der Waals surface area contributed by atoms with E-state index in [4.69, 9.17) is 0 Å². The fourth-order valence-electron chi connectivity index (χ4n) is 3.13. The summed E-state index contributed by atoms with van der Waals surface area (Å²) in [5, 5.41) is 0. The Morgan fingerprint density at radius 2 is 2.06 bits per heavy atom. The van der Waals surface area contributed by atoms with Crippen molar-refractivity contribution in [2.45, 2.75) is 49.4 Å². The van der Waals surface area contributed by atoms with Crippen molar-refractivity contribution < 1.29 is 9.59 Å². The van der Waals surface area contributed by atoms with Crippen molar-refractivity contribution in [3.8, 4) is 0 Å². The van der Waals surface area contributed by atoms with E-state index in [2.05, 4.69) is 6.26 Å². The number of nitrogens with zero attached hydrogens (tertiary/aromatic N) is 2. The first-order valence-corrected chi connectivity index (χ1v) is 7.97. The van der Waals surface area contributed by atoms with Gasteiger partial charge in [-0.3, -0.25) is 9.59 Å². The van der Waals surface area contributed by atoms with Gasteiger partial charge in [-0.25, -0.2) is 0 Å². The number of carbonyl (C=O) groups excluding carboxylic acids is 2. The largest absolute Gasteiger partial charge is 0.329 e. The van der Waals surface area contributed by atoms with E-state index >= 15 is 0 Å². The summed E-state index contributed by atoms with van der Waals surface area (Å²) in [6, 6.07) is -0.428. The summed E-state index contributed by atoms with van der Waals surface area (Å²) in [7, 11) is 0. The van der Waals surface area contributed by atoms with Gasteiger partial charge in [0.1, 0.15) is 12.1 Å². The molecule has 0 bridgehead atoms. The second-order valence-corrected chi connectivity index (χ2v) is 6.99. The summed E-state index contributed by atoms with van der Waals surface area (Å²) >= 11 is 1.84. The van der Waals surface area contributed by atoms with Crippen LogP contribution in [-0.4, -0.2) is 57.8 Å². The Bertz CT molecular complexity index is 394. The third-order valence-electron chi connectivity index (χ3n) is 4.63. The number of hydrogen-bond donors (Lipinski definition) is 0. The summed E-state index contributed by atoms with van der Waals surface area (Å²) < 4.78 is 0.241. The lowest BCUT2D eigenvalue weighted by atomic mass is 10.1. The Hall–Kier alpha value is -0.710. The second kappa shape index (κ2) is 4.15. The van der Waals surface area contributed by atoms with E-state index in [1.807, 2.05) is 23.6 Å². The normalized spacial score (nSPS) is 33.9. The summed E-state index contributed by atoms with van der Waals surface area (Å²) in [6.45, 7) is 3.40. The molecule has 18 heavy (non-hydrogen) atoms. The molecule has 5 heteroatoms. The highest BCUT2D eigenvalue weighted by Gasteiger charge is 2.51. The minimum Gasteiger partial charge on any atom is -0.329 e. The van der Waals surface area contributed by atoms with Gasteiger partial charge in [0.15, 0.2) is 0 Å². The van der Waals surface area contributed by atoms with Crippen LogP contribution < -0.4 is 0 Å². The maximum atomic E-state index is 12.5. The summed E-state index contributed by atoms with van der Waals surface area (Å²) in [5.41, 5.74) is 0. The first-order chi connectivity index (χ1) is 8.58. The first-order valence-electron chi connectivity index (χ1n) is 6.74. The van der Waals surface area contributed by atoms with Crippen LogP contribution >= 0.6 is 11.8 Å². The van der Waals surface area contributed by atoms with E-state index in [1.165, 1.54) is 12.8 Å². The second-order valence-electron chi connectivity index (χ2n) is 5.72. The molecule has 2 aliphatic heterocycles. The molecule has 2 unspecified atom stereocenters. The lowest BCUT2D eigenvalue weighted by Gasteiger charge is -2.42. The van der Waals surface area contributed by atoms with Gasteiger partial charge >= 0.3 is 0 Å². The van der Waals surface area contributed by atoms with Crippen LogP contribution in [0.1, 0.15) is 32.6 Å². The van der Waals surface area contributed by atoms with Crippen LogP contribution in [0.2, 0.25) is 0 Å². The van der Waals surface area contributed by atoms with Gasteiger partial charge in [-0.15, -0.1) is 0 Å². The molecule has 0 spiro atoms. The molecule has 0 N–H and O–H groups in total. The van der Waals surface area contributed by atoms with E-state index < -0.39 is 0 Å². The zero-order valence-electron chi connectivity index (χ0n) is 11.0. The molecule has 0 radical (unpaired) electrons. The maximum Gasteiger partial charge on any atom is 0.246 e. The molecule has 3 aliphatic rings. The number of piperazine rings is 1. The molecule has 0 aromatic heterocycles. The van der Waals surface area contributed by atoms with Crippen molar-refractivity contribution in [3.05, 3.63) is 0 Å². The predicted octanol–water partition coefficient (Wildman–Crippen LogP) is 1.10. The van der Waals surface area contributed by atoms with Crippen molar-refractivity contribution in [2.24, 2.45) is 0 Å². The number of amides is 2. The van der Waals surface area contributed by atoms with Crippen LogP contribution in [0, 0.1) is 0 Å². The Morgan fingerprint density at radius 1 is 1.33 bits per heavy atom. The smallest absolute Gasteiger partial charge is 0.246 e. The summed E-state index contributed by atoms with van der Waals surface area (Å²) in [4.78, 5) is 28.4. The fraction of sp³-hybridized carbons (Fsp3) is 0.846. The molecule has 100 valence electrons. The molecule has 4 nitrogen and oxygen atoms in total. The number of thioether (sulfide) groups is 1. The highest BCUT2D eigenvalue weighted by molar-refractivity contribution is 8.00. The van der Waals surface area contributed by atoms with Gasteiger partial charge in [0.25, 0.3) is 0 Å². The summed E-state index contributed by atoms with van der Waals surface area (Å²) in [5.74, 6) is 0.328. The Kier molecular flexibility index (Phi) is 2.84. The molecule has 2 heterocycles. The van der Waals surface area contributed by atoms with E-state index in [1.54, 1.807) is 4.90 Å². The van der Waals surface area contributed by atoms with Gasteiger partial charge in [-0.2, -0.15) is 11.8 Å². The van der Waals surface area contributed by atoms with Crippen LogP contribution in [0.3, 0.4) is 0 Å². The molecule has 2 saturated heterocycles. The molecule has 0 aromatic rings. The van der Waals surface area contributed by atoms with Gasteiger partial charge in [0.2, 0.25) is 11.8 Å². The topological polar surface area (TPSA) is 40.6 Å². The van der Waals surface area contributed by atoms with Gasteiger partial charge < -0.3 is 9.80 Å². The lowest BCUT2D eigenvalue weighted by molar-refractivity contribution is -0.158. The lowest BCUT2D eigenvalue weighted by Crippen LogP contribution is -2.63. The van der Waals surface area contributed by atoms with Crippen LogP contribution in [-0.2, 0) is 9.59 Å². The molecular weight excluding hydrogens is 248 g/mol. The van der Waals surface area contributed by atoms with Crippen molar-refractivity contribution in [1.29, 1.82) is 0 Å². The van der Waals surface area contributed by atoms with E-state index in [0.717, 1.165) is 25.9 Å². The zero-order valence-corrected chi connectivity index (χ0v) is 11.8. The monoisotopic (exact) mass is 268 g/mol. The van der Waals surface area contributed by atoms with Crippen LogP contribution in [0.4, 0.5) is 0 Å². The van der Waals surface area contributed by atoms with Crippen LogP contribution in [0.25, 0.3) is 0 Å². The molecular formula is C13H20N2O2S.